The highest BCUT2D eigenvalue weighted by molar-refractivity contribution is 6.24. The highest BCUT2D eigenvalue weighted by Crippen LogP contribution is 2.38. The summed E-state index contributed by atoms with van der Waals surface area (Å²) < 4.78 is 20.7. The van der Waals surface area contributed by atoms with Crippen LogP contribution in [0.15, 0.2) is 59.3 Å². The Morgan fingerprint density at radius 1 is 0.970 bits per heavy atom. The van der Waals surface area contributed by atoms with E-state index in [1.54, 1.807) is 62.4 Å². The van der Waals surface area contributed by atoms with Gasteiger partial charge in [-0.2, -0.15) is 0 Å². The van der Waals surface area contributed by atoms with Crippen LogP contribution in [0.2, 0.25) is 0 Å². The number of esters is 2. The molecule has 33 heavy (non-hydrogen) atoms. The number of ether oxygens (including phenoxy) is 4. The molecule has 0 N–H and O–H groups in total. The van der Waals surface area contributed by atoms with Crippen LogP contribution in [0, 0.1) is 0 Å². The van der Waals surface area contributed by atoms with E-state index in [-0.39, 0.29) is 17.8 Å². The Bertz CT molecular complexity index is 1150. The lowest BCUT2D eigenvalue weighted by molar-refractivity contribution is -0.136. The average molecular weight is 451 g/mol. The van der Waals surface area contributed by atoms with Gasteiger partial charge in [0.05, 0.1) is 44.6 Å². The topological polar surface area (TPSA) is 91.4 Å². The molecule has 1 heterocycles. The first-order valence-corrected chi connectivity index (χ1v) is 10.2. The molecule has 0 radical (unpaired) electrons. The number of nitrogens with zero attached hydrogens (tertiary/aromatic N) is 1. The Morgan fingerprint density at radius 2 is 1.67 bits per heavy atom. The van der Waals surface area contributed by atoms with E-state index in [1.807, 2.05) is 0 Å². The number of methoxy groups -OCH3 is 3. The van der Waals surface area contributed by atoms with Gasteiger partial charge in [-0.15, -0.1) is 0 Å². The molecule has 1 aliphatic heterocycles. The molecule has 8 nitrogen and oxygen atoms in total. The molecule has 0 spiro atoms. The number of carbonyl (C=O) groups excluding carboxylic acids is 3. The van der Waals surface area contributed by atoms with Crippen LogP contribution in [-0.2, 0) is 19.1 Å². The van der Waals surface area contributed by atoms with E-state index in [0.717, 1.165) is 0 Å². The summed E-state index contributed by atoms with van der Waals surface area (Å²) >= 11 is 0. The molecule has 0 atom stereocenters. The number of hydrogen-bond donors (Lipinski definition) is 0. The normalized spacial score (nSPS) is 14.5. The van der Waals surface area contributed by atoms with Crippen molar-refractivity contribution in [2.45, 2.75) is 13.8 Å². The van der Waals surface area contributed by atoms with Crippen LogP contribution in [0.3, 0.4) is 0 Å². The zero-order valence-electron chi connectivity index (χ0n) is 19.1. The zero-order valence-corrected chi connectivity index (χ0v) is 19.1. The van der Waals surface area contributed by atoms with Crippen molar-refractivity contribution < 1.29 is 33.3 Å². The van der Waals surface area contributed by atoms with E-state index in [2.05, 4.69) is 0 Å². The van der Waals surface area contributed by atoms with Crippen molar-refractivity contribution in [3.8, 4) is 11.5 Å². The van der Waals surface area contributed by atoms with Gasteiger partial charge in [0.2, 0.25) is 0 Å². The van der Waals surface area contributed by atoms with Crippen molar-refractivity contribution >= 4 is 29.6 Å². The van der Waals surface area contributed by atoms with Gasteiger partial charge in [0.1, 0.15) is 0 Å². The molecule has 3 rings (SSSR count). The number of carbonyl (C=O) groups is 3. The van der Waals surface area contributed by atoms with Gasteiger partial charge in [-0.3, -0.25) is 9.69 Å². The third kappa shape index (κ3) is 4.45. The van der Waals surface area contributed by atoms with Gasteiger partial charge >= 0.3 is 11.9 Å². The van der Waals surface area contributed by atoms with Gasteiger partial charge < -0.3 is 18.9 Å². The van der Waals surface area contributed by atoms with E-state index in [1.165, 1.54) is 26.2 Å². The van der Waals surface area contributed by atoms with Crippen molar-refractivity contribution in [3.05, 3.63) is 70.4 Å². The summed E-state index contributed by atoms with van der Waals surface area (Å²) in [6.07, 6.45) is 1.58. The molecule has 0 aliphatic carbocycles. The third-order valence-electron chi connectivity index (χ3n) is 5.16. The van der Waals surface area contributed by atoms with Gasteiger partial charge in [0.15, 0.2) is 11.5 Å². The van der Waals surface area contributed by atoms with Gasteiger partial charge in [0, 0.05) is 16.9 Å². The van der Waals surface area contributed by atoms with Crippen LogP contribution >= 0.6 is 0 Å². The van der Waals surface area contributed by atoms with E-state index in [4.69, 9.17) is 18.9 Å². The Morgan fingerprint density at radius 3 is 2.24 bits per heavy atom. The van der Waals surface area contributed by atoms with Crippen LogP contribution in [-0.4, -0.2) is 45.8 Å². The van der Waals surface area contributed by atoms with Crippen LogP contribution in [0.25, 0.3) is 6.08 Å². The first-order chi connectivity index (χ1) is 15.9. The molecular formula is C25H25NO7. The van der Waals surface area contributed by atoms with Gasteiger partial charge in [-0.1, -0.05) is 12.1 Å². The Hall–Kier alpha value is -4.07. The summed E-state index contributed by atoms with van der Waals surface area (Å²) in [5.41, 5.74) is 2.12. The van der Waals surface area contributed by atoms with Crippen molar-refractivity contribution in [1.82, 2.24) is 0 Å². The minimum atomic E-state index is -0.639. The molecule has 0 fully saturated rings. The minimum Gasteiger partial charge on any atom is -0.493 e. The number of hydrogen-bond acceptors (Lipinski definition) is 7. The van der Waals surface area contributed by atoms with Crippen LogP contribution in [0.5, 0.6) is 11.5 Å². The summed E-state index contributed by atoms with van der Waals surface area (Å²) in [6, 6.07) is 11.6. The first-order valence-electron chi connectivity index (χ1n) is 10.2. The van der Waals surface area contributed by atoms with Crippen LogP contribution < -0.4 is 14.4 Å². The van der Waals surface area contributed by atoms with Crippen molar-refractivity contribution in [3.63, 3.8) is 0 Å². The molecular weight excluding hydrogens is 426 g/mol. The monoisotopic (exact) mass is 451 g/mol. The number of benzene rings is 2. The second-order valence-corrected chi connectivity index (χ2v) is 7.00. The van der Waals surface area contributed by atoms with Crippen molar-refractivity contribution in [1.29, 1.82) is 0 Å². The number of anilines is 1. The maximum Gasteiger partial charge on any atom is 0.340 e. The summed E-state index contributed by atoms with van der Waals surface area (Å²) in [4.78, 5) is 39.4. The lowest BCUT2D eigenvalue weighted by atomic mass is 10.0. The molecule has 0 saturated carbocycles. The SMILES string of the molecule is CCOC(=O)c1ccc(N2C(=O)/C(=C\c3cccc(OC)c3OC)C(C(=O)OC)=C2C)cc1. The standard InChI is InChI=1S/C25H25NO7/c1-6-33-24(28)16-10-12-18(13-11-16)26-15(2)21(25(29)32-5)19(23(26)27)14-17-8-7-9-20(30-3)22(17)31-4/h7-14H,6H2,1-5H3/b19-14-. The molecule has 1 amide bonds. The number of para-hydroxylation sites is 1. The maximum absolute atomic E-state index is 13.5. The quantitative estimate of drug-likeness (QED) is 0.468. The van der Waals surface area contributed by atoms with Crippen LogP contribution in [0.1, 0.15) is 29.8 Å². The Kier molecular flexibility index (Phi) is 7.17. The summed E-state index contributed by atoms with van der Waals surface area (Å²) in [5.74, 6) is -0.588. The summed E-state index contributed by atoms with van der Waals surface area (Å²) in [5, 5.41) is 0. The number of allylic oxidation sites excluding steroid dienone is 1. The zero-order chi connectivity index (χ0) is 24.1. The number of amides is 1. The molecule has 8 heteroatoms. The molecule has 2 aromatic rings. The van der Waals surface area contributed by atoms with Gasteiger partial charge in [0.25, 0.3) is 5.91 Å². The van der Waals surface area contributed by atoms with E-state index in [0.29, 0.717) is 34.0 Å². The fourth-order valence-corrected chi connectivity index (χ4v) is 3.63. The highest BCUT2D eigenvalue weighted by Gasteiger charge is 2.38. The Balaban J connectivity index is 2.10. The smallest absolute Gasteiger partial charge is 0.340 e. The lowest BCUT2D eigenvalue weighted by Gasteiger charge is -2.18. The number of rotatable bonds is 7. The second kappa shape index (κ2) is 10.0. The average Bonchev–Trinajstić information content (AvgIpc) is 3.07. The molecule has 1 aliphatic rings. The maximum atomic E-state index is 13.5. The molecule has 0 unspecified atom stereocenters. The first kappa shape index (κ1) is 23.6. The van der Waals surface area contributed by atoms with Gasteiger partial charge in [-0.05, 0) is 50.3 Å². The van der Waals surface area contributed by atoms with Crippen molar-refractivity contribution in [2.24, 2.45) is 0 Å². The lowest BCUT2D eigenvalue weighted by Crippen LogP contribution is -2.24. The van der Waals surface area contributed by atoms with E-state index in [9.17, 15) is 14.4 Å². The van der Waals surface area contributed by atoms with Crippen molar-refractivity contribution in [2.75, 3.05) is 32.8 Å². The highest BCUT2D eigenvalue weighted by atomic mass is 16.5. The van der Waals surface area contributed by atoms with E-state index < -0.39 is 17.8 Å². The molecule has 0 aromatic heterocycles. The van der Waals surface area contributed by atoms with Crippen LogP contribution in [0.4, 0.5) is 5.69 Å². The van der Waals surface area contributed by atoms with Gasteiger partial charge in [-0.25, -0.2) is 9.59 Å². The third-order valence-corrected chi connectivity index (χ3v) is 5.16. The Labute approximate surface area is 192 Å². The fourth-order valence-electron chi connectivity index (χ4n) is 3.63. The predicted octanol–water partition coefficient (Wildman–Crippen LogP) is 3.76. The largest absolute Gasteiger partial charge is 0.493 e. The molecule has 172 valence electrons. The minimum absolute atomic E-state index is 0.141. The molecule has 0 saturated heterocycles. The summed E-state index contributed by atoms with van der Waals surface area (Å²) in [6.45, 7) is 3.65. The fraction of sp³-hybridized carbons (Fsp3) is 0.240. The molecule has 2 aromatic carbocycles. The van der Waals surface area contributed by atoms with E-state index >= 15 is 0 Å². The summed E-state index contributed by atoms with van der Waals surface area (Å²) in [7, 11) is 4.27. The predicted molar refractivity (Wildman–Crippen MR) is 122 cm³/mol. The molecule has 0 bridgehead atoms. The second-order valence-electron chi connectivity index (χ2n) is 7.00.